The summed E-state index contributed by atoms with van der Waals surface area (Å²) in [6, 6.07) is 0. The van der Waals surface area contributed by atoms with Crippen molar-refractivity contribution in [1.82, 2.24) is 9.62 Å². The number of nitrogens with two attached hydrogens (primary N) is 1. The van der Waals surface area contributed by atoms with Gasteiger partial charge in [0.1, 0.15) is 0 Å². The van der Waals surface area contributed by atoms with E-state index in [0.717, 1.165) is 25.9 Å². The van der Waals surface area contributed by atoms with Gasteiger partial charge in [-0.3, -0.25) is 0 Å². The molecule has 0 unspecified atom stereocenters. The zero-order valence-corrected chi connectivity index (χ0v) is 11.9. The number of piperidine rings is 1. The zero-order valence-electron chi connectivity index (χ0n) is 11.1. The van der Waals surface area contributed by atoms with E-state index >= 15 is 0 Å². The second-order valence-electron chi connectivity index (χ2n) is 5.74. The van der Waals surface area contributed by atoms with E-state index in [1.54, 1.807) is 0 Å². The molecule has 0 atom stereocenters. The number of rotatable bonds is 5. The Morgan fingerprint density at radius 2 is 1.88 bits per heavy atom. The van der Waals surface area contributed by atoms with Crippen LogP contribution >= 0.6 is 0 Å². The van der Waals surface area contributed by atoms with Crippen LogP contribution in [0.3, 0.4) is 0 Å². The number of hydrogen-bond donors (Lipinski definition) is 2. The first-order valence-corrected chi connectivity index (χ1v) is 7.68. The van der Waals surface area contributed by atoms with Crippen LogP contribution in [0.2, 0.25) is 0 Å². The van der Waals surface area contributed by atoms with Crippen LogP contribution in [0, 0.1) is 5.41 Å². The molecular formula is C11H25N3O2S. The molecule has 102 valence electrons. The SMILES string of the molecule is CN1CCC(S(=O)(=O)NCC(C)(C)CN)CC1. The summed E-state index contributed by atoms with van der Waals surface area (Å²) in [6.45, 7) is 6.52. The number of nitrogens with zero attached hydrogens (tertiary/aromatic N) is 1. The number of likely N-dealkylation sites (tertiary alicyclic amines) is 1. The first kappa shape index (κ1) is 14.9. The topological polar surface area (TPSA) is 75.4 Å². The lowest BCUT2D eigenvalue weighted by atomic mass is 9.95. The summed E-state index contributed by atoms with van der Waals surface area (Å²) < 4.78 is 26.9. The normalized spacial score (nSPS) is 20.7. The van der Waals surface area contributed by atoms with Crippen molar-refractivity contribution in [3.63, 3.8) is 0 Å². The van der Waals surface area contributed by atoms with Crippen LogP contribution in [0.1, 0.15) is 26.7 Å². The Bertz CT molecular complexity index is 333. The van der Waals surface area contributed by atoms with Crippen molar-refractivity contribution >= 4 is 10.0 Å². The molecule has 0 radical (unpaired) electrons. The number of hydrogen-bond acceptors (Lipinski definition) is 4. The Morgan fingerprint density at radius 3 is 2.35 bits per heavy atom. The molecule has 0 aromatic carbocycles. The van der Waals surface area contributed by atoms with Crippen molar-refractivity contribution in [1.29, 1.82) is 0 Å². The average Bonchev–Trinajstić information content (AvgIpc) is 2.27. The van der Waals surface area contributed by atoms with Gasteiger partial charge >= 0.3 is 0 Å². The quantitative estimate of drug-likeness (QED) is 0.731. The molecule has 0 saturated carbocycles. The van der Waals surface area contributed by atoms with Crippen LogP contribution in [0.5, 0.6) is 0 Å². The lowest BCUT2D eigenvalue weighted by Crippen LogP contribution is -2.45. The maximum atomic E-state index is 12.1. The molecule has 5 nitrogen and oxygen atoms in total. The second kappa shape index (κ2) is 5.65. The van der Waals surface area contributed by atoms with E-state index in [1.165, 1.54) is 0 Å². The molecule has 0 amide bonds. The van der Waals surface area contributed by atoms with E-state index in [-0.39, 0.29) is 10.7 Å². The summed E-state index contributed by atoms with van der Waals surface area (Å²) in [5.74, 6) is 0. The van der Waals surface area contributed by atoms with Crippen LogP contribution in [0.4, 0.5) is 0 Å². The minimum atomic E-state index is -3.18. The first-order chi connectivity index (χ1) is 7.77. The molecule has 0 spiro atoms. The van der Waals surface area contributed by atoms with E-state index in [2.05, 4.69) is 9.62 Å². The molecule has 1 fully saturated rings. The fourth-order valence-corrected chi connectivity index (χ4v) is 3.44. The van der Waals surface area contributed by atoms with E-state index in [1.807, 2.05) is 20.9 Å². The lowest BCUT2D eigenvalue weighted by molar-refractivity contribution is 0.276. The van der Waals surface area contributed by atoms with Gasteiger partial charge in [-0.15, -0.1) is 0 Å². The summed E-state index contributed by atoms with van der Waals surface area (Å²) in [7, 11) is -1.16. The predicted octanol–water partition coefficient (Wildman–Crippen LogP) is -0.0151. The molecule has 0 bridgehead atoms. The highest BCUT2D eigenvalue weighted by Crippen LogP contribution is 2.17. The van der Waals surface area contributed by atoms with Gasteiger partial charge in [0.2, 0.25) is 10.0 Å². The van der Waals surface area contributed by atoms with Gasteiger partial charge in [0.25, 0.3) is 0 Å². The van der Waals surface area contributed by atoms with Gasteiger partial charge in [0.15, 0.2) is 0 Å². The molecule has 0 aromatic rings. The van der Waals surface area contributed by atoms with Crippen molar-refractivity contribution in [3.05, 3.63) is 0 Å². The maximum Gasteiger partial charge on any atom is 0.214 e. The summed E-state index contributed by atoms with van der Waals surface area (Å²) in [5.41, 5.74) is 5.41. The number of nitrogens with one attached hydrogen (secondary N) is 1. The summed E-state index contributed by atoms with van der Waals surface area (Å²) in [5, 5.41) is -0.243. The molecule has 1 aliphatic rings. The van der Waals surface area contributed by atoms with Crippen LogP contribution in [-0.4, -0.2) is 51.8 Å². The molecule has 0 aliphatic carbocycles. The standard InChI is InChI=1S/C11H25N3O2S/c1-11(2,8-12)9-13-17(15,16)10-4-6-14(3)7-5-10/h10,13H,4-9,12H2,1-3H3. The molecule has 1 aliphatic heterocycles. The van der Waals surface area contributed by atoms with Gasteiger partial charge < -0.3 is 10.6 Å². The van der Waals surface area contributed by atoms with Gasteiger partial charge in [-0.2, -0.15) is 0 Å². The van der Waals surface area contributed by atoms with E-state index < -0.39 is 10.0 Å². The fraction of sp³-hybridized carbons (Fsp3) is 1.00. The van der Waals surface area contributed by atoms with Gasteiger partial charge in [-0.1, -0.05) is 13.8 Å². The summed E-state index contributed by atoms with van der Waals surface area (Å²) in [6.07, 6.45) is 1.43. The molecule has 6 heteroatoms. The molecule has 3 N–H and O–H groups in total. The third-order valence-corrected chi connectivity index (χ3v) is 5.30. The van der Waals surface area contributed by atoms with Crippen molar-refractivity contribution in [2.45, 2.75) is 31.9 Å². The molecule has 1 heterocycles. The highest BCUT2D eigenvalue weighted by atomic mass is 32.2. The Hall–Kier alpha value is -0.170. The molecule has 1 saturated heterocycles. The Balaban J connectivity index is 2.51. The maximum absolute atomic E-state index is 12.1. The molecule has 17 heavy (non-hydrogen) atoms. The minimum Gasteiger partial charge on any atom is -0.330 e. The molecular weight excluding hydrogens is 238 g/mol. The zero-order chi connectivity index (χ0) is 13.1. The van der Waals surface area contributed by atoms with Crippen LogP contribution in [0.25, 0.3) is 0 Å². The van der Waals surface area contributed by atoms with Crippen molar-refractivity contribution in [2.24, 2.45) is 11.1 Å². The number of sulfonamides is 1. The van der Waals surface area contributed by atoms with Crippen molar-refractivity contribution in [2.75, 3.05) is 33.2 Å². The third kappa shape index (κ3) is 4.54. The van der Waals surface area contributed by atoms with Crippen LogP contribution in [0.15, 0.2) is 0 Å². The molecule has 1 rings (SSSR count). The van der Waals surface area contributed by atoms with Crippen LogP contribution in [-0.2, 0) is 10.0 Å². The van der Waals surface area contributed by atoms with Gasteiger partial charge in [0, 0.05) is 6.54 Å². The smallest absolute Gasteiger partial charge is 0.214 e. The van der Waals surface area contributed by atoms with E-state index in [9.17, 15) is 8.42 Å². The summed E-state index contributed by atoms with van der Waals surface area (Å²) >= 11 is 0. The monoisotopic (exact) mass is 263 g/mol. The van der Waals surface area contributed by atoms with Crippen molar-refractivity contribution in [3.8, 4) is 0 Å². The highest BCUT2D eigenvalue weighted by molar-refractivity contribution is 7.90. The lowest BCUT2D eigenvalue weighted by Gasteiger charge is -2.30. The van der Waals surface area contributed by atoms with Gasteiger partial charge in [-0.05, 0) is 44.9 Å². The summed E-state index contributed by atoms with van der Waals surface area (Å²) in [4.78, 5) is 2.16. The Kier molecular flexibility index (Phi) is 4.95. The first-order valence-electron chi connectivity index (χ1n) is 6.14. The van der Waals surface area contributed by atoms with Gasteiger partial charge in [0.05, 0.1) is 5.25 Å². The Labute approximate surface area is 105 Å². The Morgan fingerprint density at radius 1 is 1.35 bits per heavy atom. The third-order valence-electron chi connectivity index (χ3n) is 3.41. The fourth-order valence-electron chi connectivity index (χ4n) is 1.78. The van der Waals surface area contributed by atoms with E-state index in [4.69, 9.17) is 5.73 Å². The molecule has 0 aromatic heterocycles. The minimum absolute atomic E-state index is 0.182. The largest absolute Gasteiger partial charge is 0.330 e. The second-order valence-corrected chi connectivity index (χ2v) is 7.78. The highest BCUT2D eigenvalue weighted by Gasteiger charge is 2.30. The van der Waals surface area contributed by atoms with E-state index in [0.29, 0.717) is 13.1 Å². The van der Waals surface area contributed by atoms with Crippen LogP contribution < -0.4 is 10.5 Å². The average molecular weight is 263 g/mol. The van der Waals surface area contributed by atoms with Gasteiger partial charge in [-0.25, -0.2) is 13.1 Å². The van der Waals surface area contributed by atoms with Crippen molar-refractivity contribution < 1.29 is 8.42 Å². The predicted molar refractivity (Wildman–Crippen MR) is 70.3 cm³/mol.